The van der Waals surface area contributed by atoms with Gasteiger partial charge in [0.25, 0.3) is 5.91 Å². The van der Waals surface area contributed by atoms with Gasteiger partial charge in [0.15, 0.2) is 0 Å². The minimum atomic E-state index is 0.104. The maximum absolute atomic E-state index is 13.0. The number of benzene rings is 1. The molecule has 5 heteroatoms. The van der Waals surface area contributed by atoms with Crippen molar-refractivity contribution in [3.63, 3.8) is 0 Å². The molecular formula is C19H18N2OS2. The van der Waals surface area contributed by atoms with Crippen molar-refractivity contribution in [2.24, 2.45) is 11.8 Å². The number of thiocarbonyl (C=S) groups is 1. The van der Waals surface area contributed by atoms with Crippen LogP contribution in [0.1, 0.15) is 31.2 Å². The highest BCUT2D eigenvalue weighted by molar-refractivity contribution is 8.26. The summed E-state index contributed by atoms with van der Waals surface area (Å²) in [6.07, 6.45) is 8.97. The number of nitrogens with zero attached hydrogens (tertiary/aromatic N) is 1. The summed E-state index contributed by atoms with van der Waals surface area (Å²) in [7, 11) is 0. The Hall–Kier alpha value is -1.59. The molecule has 122 valence electrons. The molecule has 2 heterocycles. The molecule has 1 N–H and O–H groups in total. The predicted molar refractivity (Wildman–Crippen MR) is 103 cm³/mol. The summed E-state index contributed by atoms with van der Waals surface area (Å²) in [5.74, 6) is 1.57. The summed E-state index contributed by atoms with van der Waals surface area (Å²) in [6, 6.07) is 8.50. The van der Waals surface area contributed by atoms with E-state index in [2.05, 4.69) is 11.1 Å². The van der Waals surface area contributed by atoms with E-state index in [0.29, 0.717) is 12.0 Å². The Bertz CT molecular complexity index is 884. The van der Waals surface area contributed by atoms with Crippen LogP contribution in [-0.4, -0.2) is 26.2 Å². The van der Waals surface area contributed by atoms with Gasteiger partial charge in [0.2, 0.25) is 0 Å². The maximum atomic E-state index is 13.0. The van der Waals surface area contributed by atoms with Gasteiger partial charge in [-0.3, -0.25) is 9.69 Å². The Morgan fingerprint density at radius 3 is 2.92 bits per heavy atom. The Labute approximate surface area is 150 Å². The normalized spacial score (nSPS) is 31.1. The van der Waals surface area contributed by atoms with Crippen molar-refractivity contribution >= 4 is 51.2 Å². The molecule has 2 aliphatic carbocycles. The summed E-state index contributed by atoms with van der Waals surface area (Å²) in [5, 5.41) is 1.14. The quantitative estimate of drug-likeness (QED) is 0.634. The zero-order valence-electron chi connectivity index (χ0n) is 13.2. The number of aromatic nitrogens is 1. The minimum Gasteiger partial charge on any atom is -0.361 e. The van der Waals surface area contributed by atoms with E-state index in [0.717, 1.165) is 38.0 Å². The van der Waals surface area contributed by atoms with Crippen molar-refractivity contribution in [2.75, 3.05) is 0 Å². The Morgan fingerprint density at radius 2 is 2.12 bits per heavy atom. The number of hydrogen-bond acceptors (Lipinski definition) is 3. The van der Waals surface area contributed by atoms with Gasteiger partial charge < -0.3 is 4.98 Å². The van der Waals surface area contributed by atoms with Gasteiger partial charge in [0.05, 0.1) is 4.91 Å². The maximum Gasteiger partial charge on any atom is 0.266 e. The summed E-state index contributed by atoms with van der Waals surface area (Å²) in [4.78, 5) is 18.9. The molecule has 2 saturated carbocycles. The third-order valence-electron chi connectivity index (χ3n) is 5.76. The fraction of sp³-hybridized carbons (Fsp3) is 0.368. The van der Waals surface area contributed by atoms with E-state index in [-0.39, 0.29) is 5.91 Å². The fourth-order valence-corrected chi connectivity index (χ4v) is 6.01. The first kappa shape index (κ1) is 14.7. The first-order chi connectivity index (χ1) is 11.7. The van der Waals surface area contributed by atoms with Gasteiger partial charge in [-0.15, -0.1) is 0 Å². The van der Waals surface area contributed by atoms with E-state index in [1.807, 2.05) is 35.4 Å². The van der Waals surface area contributed by atoms with Crippen LogP contribution in [-0.2, 0) is 4.79 Å². The van der Waals surface area contributed by atoms with Crippen molar-refractivity contribution in [1.82, 2.24) is 9.88 Å². The van der Waals surface area contributed by atoms with Crippen LogP contribution in [0.25, 0.3) is 17.0 Å². The van der Waals surface area contributed by atoms with Crippen LogP contribution in [0.4, 0.5) is 0 Å². The molecule has 0 radical (unpaired) electrons. The number of aromatic amines is 1. The number of H-pyrrole nitrogens is 1. The molecule has 3 fully saturated rings. The number of amides is 1. The van der Waals surface area contributed by atoms with E-state index >= 15 is 0 Å². The van der Waals surface area contributed by atoms with E-state index < -0.39 is 0 Å². The average molecular weight is 355 g/mol. The lowest BCUT2D eigenvalue weighted by Gasteiger charge is -2.30. The molecule has 2 aromatic rings. The highest BCUT2D eigenvalue weighted by Crippen LogP contribution is 2.49. The molecule has 1 aromatic carbocycles. The molecule has 1 saturated heterocycles. The molecule has 3 nitrogen and oxygen atoms in total. The van der Waals surface area contributed by atoms with Crippen molar-refractivity contribution in [1.29, 1.82) is 0 Å². The van der Waals surface area contributed by atoms with E-state index in [9.17, 15) is 4.79 Å². The highest BCUT2D eigenvalue weighted by Gasteiger charge is 2.47. The molecule has 1 aromatic heterocycles. The van der Waals surface area contributed by atoms with Gasteiger partial charge in [0.1, 0.15) is 4.32 Å². The van der Waals surface area contributed by atoms with Crippen molar-refractivity contribution in [3.8, 4) is 0 Å². The first-order valence-electron chi connectivity index (χ1n) is 8.54. The van der Waals surface area contributed by atoms with Gasteiger partial charge in [-0.1, -0.05) is 48.6 Å². The second kappa shape index (κ2) is 5.46. The third-order valence-corrected chi connectivity index (χ3v) is 7.09. The monoisotopic (exact) mass is 354 g/mol. The van der Waals surface area contributed by atoms with Crippen LogP contribution in [0.2, 0.25) is 0 Å². The van der Waals surface area contributed by atoms with Crippen molar-refractivity contribution < 1.29 is 4.79 Å². The molecule has 1 amide bonds. The van der Waals surface area contributed by atoms with Crippen LogP contribution in [0.5, 0.6) is 0 Å². The van der Waals surface area contributed by atoms with Gasteiger partial charge in [-0.2, -0.15) is 0 Å². The number of hydrogen-bond donors (Lipinski definition) is 1. The van der Waals surface area contributed by atoms with Gasteiger partial charge in [0, 0.05) is 28.7 Å². The lowest BCUT2D eigenvalue weighted by molar-refractivity contribution is -0.124. The Balaban J connectivity index is 1.47. The number of nitrogens with one attached hydrogen (secondary N) is 1. The standard InChI is InChI=1S/C19H18N2OS2/c22-18-17(9-13-10-20-15-4-2-1-3-14(13)15)24-19(23)21(18)16-8-11-5-6-12(16)7-11/h1-4,9-12,16,20H,5-8H2. The molecule has 3 unspecified atom stereocenters. The number of thioether (sulfide) groups is 1. The summed E-state index contributed by atoms with van der Waals surface area (Å²) in [5.41, 5.74) is 2.14. The van der Waals surface area contributed by atoms with Gasteiger partial charge in [-0.25, -0.2) is 0 Å². The molecular weight excluding hydrogens is 336 g/mol. The van der Waals surface area contributed by atoms with E-state index in [4.69, 9.17) is 12.2 Å². The Kier molecular flexibility index (Phi) is 3.35. The van der Waals surface area contributed by atoms with Crippen molar-refractivity contribution in [3.05, 3.63) is 40.9 Å². The number of rotatable bonds is 2. The van der Waals surface area contributed by atoms with Crippen LogP contribution >= 0.6 is 24.0 Å². The minimum absolute atomic E-state index is 0.104. The highest BCUT2D eigenvalue weighted by atomic mass is 32.2. The molecule has 24 heavy (non-hydrogen) atoms. The number of carbonyl (C=O) groups excluding carboxylic acids is 1. The molecule has 5 rings (SSSR count). The molecule has 3 atom stereocenters. The SMILES string of the molecule is O=C1C(=Cc2c[nH]c3ccccc23)SC(=S)N1C1CC2CCC1C2. The van der Waals surface area contributed by atoms with Crippen LogP contribution in [0.3, 0.4) is 0 Å². The molecule has 2 bridgehead atoms. The average Bonchev–Trinajstić information content (AvgIpc) is 3.33. The number of carbonyl (C=O) groups is 1. The second-order valence-electron chi connectivity index (χ2n) is 7.08. The van der Waals surface area contributed by atoms with Crippen LogP contribution in [0, 0.1) is 11.8 Å². The lowest BCUT2D eigenvalue weighted by atomic mass is 9.94. The van der Waals surface area contributed by atoms with Gasteiger partial charge in [-0.05, 0) is 43.2 Å². The fourth-order valence-electron chi connectivity index (χ4n) is 4.65. The largest absolute Gasteiger partial charge is 0.361 e. The van der Waals surface area contributed by atoms with Crippen LogP contribution in [0.15, 0.2) is 35.4 Å². The van der Waals surface area contributed by atoms with Crippen LogP contribution < -0.4 is 0 Å². The van der Waals surface area contributed by atoms with E-state index in [1.165, 1.54) is 31.0 Å². The second-order valence-corrected chi connectivity index (χ2v) is 8.76. The van der Waals surface area contributed by atoms with E-state index in [1.54, 1.807) is 0 Å². The summed E-state index contributed by atoms with van der Waals surface area (Å²) in [6.45, 7) is 0. The molecule has 0 spiro atoms. The molecule has 3 aliphatic rings. The molecule has 1 aliphatic heterocycles. The first-order valence-corrected chi connectivity index (χ1v) is 9.76. The number of para-hydroxylation sites is 1. The topological polar surface area (TPSA) is 36.1 Å². The predicted octanol–water partition coefficient (Wildman–Crippen LogP) is 4.56. The smallest absolute Gasteiger partial charge is 0.266 e. The summed E-state index contributed by atoms with van der Waals surface area (Å²) < 4.78 is 0.739. The summed E-state index contributed by atoms with van der Waals surface area (Å²) >= 11 is 7.02. The van der Waals surface area contributed by atoms with Crippen molar-refractivity contribution in [2.45, 2.75) is 31.7 Å². The zero-order valence-corrected chi connectivity index (χ0v) is 14.8. The number of fused-ring (bicyclic) bond motifs is 3. The lowest BCUT2D eigenvalue weighted by Crippen LogP contribution is -2.41. The third kappa shape index (κ3) is 2.18. The Morgan fingerprint density at radius 1 is 1.25 bits per heavy atom. The zero-order chi connectivity index (χ0) is 16.3. The van der Waals surface area contributed by atoms with Gasteiger partial charge >= 0.3 is 0 Å².